The van der Waals surface area contributed by atoms with Gasteiger partial charge in [0.2, 0.25) is 0 Å². The highest BCUT2D eigenvalue weighted by atomic mass is 15.0. The Hall–Kier alpha value is -1.67. The molecule has 2 heterocycles. The van der Waals surface area contributed by atoms with Crippen LogP contribution in [0, 0.1) is 0 Å². The Kier molecular flexibility index (Phi) is 0.993. The average Bonchev–Trinajstić information content (AvgIpc) is 2.28. The molecule has 1 aromatic heterocycles. The Morgan fingerprint density at radius 3 is 3.50 bits per heavy atom. The number of hydrogen-bond donors (Lipinski definition) is 1. The molecule has 0 spiro atoms. The molecular formula is C6H4N4. The van der Waals surface area contributed by atoms with Gasteiger partial charge in [0, 0.05) is 5.87 Å². The molecule has 0 atom stereocenters. The summed E-state index contributed by atoms with van der Waals surface area (Å²) in [5, 5.41) is 0. The van der Waals surface area contributed by atoms with Crippen molar-refractivity contribution in [3.05, 3.63) is 18.2 Å². The molecule has 10 heavy (non-hydrogen) atoms. The second-order valence-electron chi connectivity index (χ2n) is 1.78. The van der Waals surface area contributed by atoms with Gasteiger partial charge in [-0.05, 0) is 0 Å². The fourth-order valence-corrected chi connectivity index (χ4v) is 0.717. The van der Waals surface area contributed by atoms with Gasteiger partial charge in [-0.15, -0.1) is 0 Å². The van der Waals surface area contributed by atoms with Gasteiger partial charge in [0.15, 0.2) is 5.82 Å². The SMILES string of the molecule is C1=CN=Cc2nc[nH]c2N=1. The van der Waals surface area contributed by atoms with Crippen LogP contribution in [-0.4, -0.2) is 22.1 Å². The predicted octanol–water partition coefficient (Wildman–Crippen LogP) is 0.657. The van der Waals surface area contributed by atoms with Crippen molar-refractivity contribution in [1.29, 1.82) is 0 Å². The van der Waals surface area contributed by atoms with Crippen LogP contribution in [0.5, 0.6) is 0 Å². The molecule has 1 aromatic rings. The maximum absolute atomic E-state index is 3.96. The first-order chi connectivity index (χ1) is 4.97. The smallest absolute Gasteiger partial charge is 0.168 e. The van der Waals surface area contributed by atoms with E-state index in [0.717, 1.165) is 5.69 Å². The van der Waals surface area contributed by atoms with E-state index in [1.165, 1.54) is 6.20 Å². The van der Waals surface area contributed by atoms with Crippen molar-refractivity contribution in [3.8, 4) is 0 Å². The van der Waals surface area contributed by atoms with Gasteiger partial charge in [-0.2, -0.15) is 4.99 Å². The van der Waals surface area contributed by atoms with Gasteiger partial charge < -0.3 is 4.98 Å². The first kappa shape index (κ1) is 5.14. The molecule has 48 valence electrons. The fourth-order valence-electron chi connectivity index (χ4n) is 0.717. The molecule has 0 fully saturated rings. The topological polar surface area (TPSA) is 53.4 Å². The summed E-state index contributed by atoms with van der Waals surface area (Å²) < 4.78 is 0. The molecule has 0 unspecified atom stereocenters. The van der Waals surface area contributed by atoms with E-state index in [0.29, 0.717) is 5.82 Å². The number of aromatic amines is 1. The number of nitrogens with one attached hydrogen (secondary N) is 1. The minimum absolute atomic E-state index is 0.706. The zero-order valence-electron chi connectivity index (χ0n) is 5.07. The van der Waals surface area contributed by atoms with Crippen LogP contribution in [0.4, 0.5) is 5.82 Å². The zero-order valence-corrected chi connectivity index (χ0v) is 5.07. The molecular weight excluding hydrogens is 128 g/mol. The Labute approximate surface area is 57.1 Å². The Morgan fingerprint density at radius 2 is 2.50 bits per heavy atom. The van der Waals surface area contributed by atoms with E-state index < -0.39 is 0 Å². The molecule has 4 nitrogen and oxygen atoms in total. The van der Waals surface area contributed by atoms with E-state index >= 15 is 0 Å². The standard InChI is InChI=1S/C6H4N4/c1-2-8-6-5(3-7-1)9-4-10-6/h1,3-4H,(H,9,10). The fraction of sp³-hybridized carbons (Fsp3) is 0. The molecule has 0 saturated heterocycles. The van der Waals surface area contributed by atoms with E-state index in [9.17, 15) is 0 Å². The Morgan fingerprint density at radius 1 is 1.50 bits per heavy atom. The van der Waals surface area contributed by atoms with Crippen molar-refractivity contribution in [3.63, 3.8) is 0 Å². The minimum atomic E-state index is 0.706. The molecule has 2 rings (SSSR count). The lowest BCUT2D eigenvalue weighted by Gasteiger charge is -1.81. The third kappa shape index (κ3) is 0.674. The Balaban J connectivity index is 2.68. The van der Waals surface area contributed by atoms with Crippen LogP contribution in [0.3, 0.4) is 0 Å². The highest BCUT2D eigenvalue weighted by Gasteiger charge is 1.99. The lowest BCUT2D eigenvalue weighted by Crippen LogP contribution is -1.77. The second kappa shape index (κ2) is 1.93. The quantitative estimate of drug-likeness (QED) is 0.553. The number of hydrogen-bond acceptors (Lipinski definition) is 3. The average molecular weight is 132 g/mol. The normalized spacial score (nSPS) is 13.2. The summed E-state index contributed by atoms with van der Waals surface area (Å²) >= 11 is 0. The van der Waals surface area contributed by atoms with Gasteiger partial charge in [0.05, 0.1) is 18.7 Å². The number of fused-ring (bicyclic) bond motifs is 1. The number of imidazole rings is 1. The number of aliphatic imine (C=N–C) groups is 2. The number of H-pyrrole nitrogens is 1. The molecule has 0 aromatic carbocycles. The van der Waals surface area contributed by atoms with Gasteiger partial charge in [0.1, 0.15) is 5.69 Å². The molecule has 0 aliphatic carbocycles. The van der Waals surface area contributed by atoms with Crippen LogP contribution < -0.4 is 0 Å². The van der Waals surface area contributed by atoms with E-state index in [4.69, 9.17) is 0 Å². The van der Waals surface area contributed by atoms with E-state index in [-0.39, 0.29) is 0 Å². The molecule has 0 radical (unpaired) electrons. The highest BCUT2D eigenvalue weighted by Crippen LogP contribution is 2.10. The minimum Gasteiger partial charge on any atom is -0.329 e. The summed E-state index contributed by atoms with van der Waals surface area (Å²) in [4.78, 5) is 14.5. The zero-order chi connectivity index (χ0) is 6.81. The van der Waals surface area contributed by atoms with Gasteiger partial charge in [-0.25, -0.2) is 4.98 Å². The molecule has 1 aliphatic rings. The summed E-state index contributed by atoms with van der Waals surface area (Å²) in [6, 6.07) is 0. The van der Waals surface area contributed by atoms with Gasteiger partial charge in [-0.3, -0.25) is 4.99 Å². The molecule has 0 amide bonds. The molecule has 1 aliphatic heterocycles. The number of aromatic nitrogens is 2. The number of rotatable bonds is 0. The van der Waals surface area contributed by atoms with E-state index in [1.807, 2.05) is 0 Å². The summed E-state index contributed by atoms with van der Waals surface area (Å²) in [5.41, 5.74) is 0.751. The van der Waals surface area contributed by atoms with Crippen molar-refractivity contribution >= 4 is 17.9 Å². The first-order valence-electron chi connectivity index (χ1n) is 2.81. The predicted molar refractivity (Wildman–Crippen MR) is 37.8 cm³/mol. The van der Waals surface area contributed by atoms with Crippen LogP contribution in [0.25, 0.3) is 0 Å². The highest BCUT2D eigenvalue weighted by molar-refractivity contribution is 5.86. The van der Waals surface area contributed by atoms with Crippen LogP contribution in [-0.2, 0) is 0 Å². The molecule has 1 N–H and O–H groups in total. The number of nitrogens with zero attached hydrogens (tertiary/aromatic N) is 3. The third-order valence-electron chi connectivity index (χ3n) is 1.15. The van der Waals surface area contributed by atoms with Crippen LogP contribution in [0.2, 0.25) is 0 Å². The maximum Gasteiger partial charge on any atom is 0.168 e. The lowest BCUT2D eigenvalue weighted by molar-refractivity contribution is 1.30. The van der Waals surface area contributed by atoms with E-state index in [2.05, 4.69) is 25.8 Å². The maximum atomic E-state index is 3.96. The van der Waals surface area contributed by atoms with Gasteiger partial charge in [0.25, 0.3) is 0 Å². The first-order valence-corrected chi connectivity index (χ1v) is 2.81. The van der Waals surface area contributed by atoms with Crippen molar-refractivity contribution < 1.29 is 0 Å². The van der Waals surface area contributed by atoms with Crippen LogP contribution >= 0.6 is 0 Å². The monoisotopic (exact) mass is 132 g/mol. The molecule has 0 bridgehead atoms. The lowest BCUT2D eigenvalue weighted by atomic mass is 10.5. The van der Waals surface area contributed by atoms with Crippen molar-refractivity contribution in [1.82, 2.24) is 9.97 Å². The molecule has 0 saturated carbocycles. The second-order valence-corrected chi connectivity index (χ2v) is 1.78. The summed E-state index contributed by atoms with van der Waals surface area (Å²) in [7, 11) is 0. The van der Waals surface area contributed by atoms with Gasteiger partial charge >= 0.3 is 0 Å². The van der Waals surface area contributed by atoms with Crippen molar-refractivity contribution in [2.75, 3.05) is 0 Å². The van der Waals surface area contributed by atoms with Crippen LogP contribution in [0.1, 0.15) is 5.69 Å². The van der Waals surface area contributed by atoms with Crippen LogP contribution in [0.15, 0.2) is 22.5 Å². The summed E-state index contributed by atoms with van der Waals surface area (Å²) in [6.07, 6.45) is 4.71. The largest absolute Gasteiger partial charge is 0.329 e. The van der Waals surface area contributed by atoms with Crippen molar-refractivity contribution in [2.45, 2.75) is 0 Å². The summed E-state index contributed by atoms with van der Waals surface area (Å²) in [5.74, 6) is 3.33. The van der Waals surface area contributed by atoms with Gasteiger partial charge in [-0.1, -0.05) is 0 Å². The molecule has 4 heteroatoms. The van der Waals surface area contributed by atoms with E-state index in [1.54, 1.807) is 12.5 Å². The third-order valence-corrected chi connectivity index (χ3v) is 1.15. The van der Waals surface area contributed by atoms with Crippen molar-refractivity contribution in [2.24, 2.45) is 9.98 Å². The Bertz CT molecular complexity index is 327. The summed E-state index contributed by atoms with van der Waals surface area (Å²) in [6.45, 7) is 0.